The fourth-order valence-corrected chi connectivity index (χ4v) is 1.96. The van der Waals surface area contributed by atoms with Gasteiger partial charge in [-0.25, -0.2) is 9.97 Å². The summed E-state index contributed by atoms with van der Waals surface area (Å²) in [5.74, 6) is 1.37. The molecule has 0 aliphatic carbocycles. The highest BCUT2D eigenvalue weighted by Gasteiger charge is 2.06. The first-order valence-corrected chi connectivity index (χ1v) is 6.82. The number of rotatable bonds is 8. The van der Waals surface area contributed by atoms with Gasteiger partial charge in [-0.3, -0.25) is 0 Å². The Kier molecular flexibility index (Phi) is 6.98. The van der Waals surface area contributed by atoms with Gasteiger partial charge in [0.25, 0.3) is 0 Å². The van der Waals surface area contributed by atoms with E-state index >= 15 is 0 Å². The van der Waals surface area contributed by atoms with Crippen molar-refractivity contribution in [2.24, 2.45) is 0 Å². The molecule has 0 aromatic carbocycles. The summed E-state index contributed by atoms with van der Waals surface area (Å²) < 4.78 is 5.01. The van der Waals surface area contributed by atoms with Crippen LogP contribution in [-0.2, 0) is 11.3 Å². The molecule has 0 aliphatic heterocycles. The first kappa shape index (κ1) is 15.2. The van der Waals surface area contributed by atoms with Crippen molar-refractivity contribution in [3.63, 3.8) is 0 Å². The fraction of sp³-hybridized carbons (Fsp3) is 0.692. The summed E-state index contributed by atoms with van der Waals surface area (Å²) >= 11 is 5.95. The Morgan fingerprint density at radius 3 is 2.83 bits per heavy atom. The Labute approximate surface area is 114 Å². The number of nitrogens with zero attached hydrogens (tertiary/aromatic N) is 2. The van der Waals surface area contributed by atoms with Crippen molar-refractivity contribution in [2.75, 3.05) is 12.4 Å². The minimum Gasteiger partial charge on any atom is -0.377 e. The predicted octanol–water partition coefficient (Wildman–Crippen LogP) is 3.66. The molecule has 0 spiro atoms. The van der Waals surface area contributed by atoms with E-state index in [2.05, 4.69) is 29.1 Å². The first-order valence-electron chi connectivity index (χ1n) is 6.44. The molecule has 0 radical (unpaired) electrons. The Morgan fingerprint density at radius 1 is 1.39 bits per heavy atom. The summed E-state index contributed by atoms with van der Waals surface area (Å²) in [6, 6.07) is 2.13. The van der Waals surface area contributed by atoms with Crippen LogP contribution in [0.4, 0.5) is 5.82 Å². The normalized spacial score (nSPS) is 12.4. The molecule has 4 nitrogen and oxygen atoms in total. The lowest BCUT2D eigenvalue weighted by molar-refractivity contribution is 0.178. The summed E-state index contributed by atoms with van der Waals surface area (Å²) in [6.07, 6.45) is 4.87. The Morgan fingerprint density at radius 2 is 2.17 bits per heavy atom. The zero-order chi connectivity index (χ0) is 13.4. The highest BCUT2D eigenvalue weighted by Crippen LogP contribution is 2.14. The molecule has 5 heteroatoms. The van der Waals surface area contributed by atoms with Gasteiger partial charge in [-0.15, -0.1) is 0 Å². The Bertz CT molecular complexity index is 360. The third-order valence-electron chi connectivity index (χ3n) is 2.65. The Balaban J connectivity index is 2.54. The molecule has 1 rings (SSSR count). The smallest absolute Gasteiger partial charge is 0.158 e. The maximum atomic E-state index is 5.95. The molecule has 0 saturated heterocycles. The maximum absolute atomic E-state index is 5.95. The van der Waals surface area contributed by atoms with Crippen LogP contribution in [-0.4, -0.2) is 23.1 Å². The zero-order valence-electron chi connectivity index (χ0n) is 11.4. The zero-order valence-corrected chi connectivity index (χ0v) is 12.1. The molecule has 1 unspecified atom stereocenters. The van der Waals surface area contributed by atoms with Crippen molar-refractivity contribution in [1.29, 1.82) is 0 Å². The predicted molar refractivity (Wildman–Crippen MR) is 75.0 cm³/mol. The van der Waals surface area contributed by atoms with Crippen LogP contribution in [0.5, 0.6) is 0 Å². The average Bonchev–Trinajstić information content (AvgIpc) is 2.28. The van der Waals surface area contributed by atoms with E-state index in [-0.39, 0.29) is 0 Å². The van der Waals surface area contributed by atoms with E-state index in [4.69, 9.17) is 16.3 Å². The molecule has 0 amide bonds. The lowest BCUT2D eigenvalue weighted by Crippen LogP contribution is -2.16. The van der Waals surface area contributed by atoms with Gasteiger partial charge in [0.1, 0.15) is 17.6 Å². The number of nitrogens with one attached hydrogen (secondary N) is 1. The second-order valence-corrected chi connectivity index (χ2v) is 4.85. The van der Waals surface area contributed by atoms with Crippen molar-refractivity contribution in [1.82, 2.24) is 9.97 Å². The monoisotopic (exact) mass is 271 g/mol. The second kappa shape index (κ2) is 8.27. The van der Waals surface area contributed by atoms with Crippen LogP contribution in [0.15, 0.2) is 6.07 Å². The van der Waals surface area contributed by atoms with Gasteiger partial charge >= 0.3 is 0 Å². The van der Waals surface area contributed by atoms with Gasteiger partial charge in [0, 0.05) is 19.2 Å². The summed E-state index contributed by atoms with van der Waals surface area (Å²) in [6.45, 7) is 4.74. The molecule has 102 valence electrons. The average molecular weight is 272 g/mol. The number of methoxy groups -OCH3 is 1. The number of anilines is 1. The SMILES string of the molecule is CCCCCC(C)Nc1cc(Cl)nc(COC)n1. The molecule has 0 aliphatic rings. The molecule has 18 heavy (non-hydrogen) atoms. The molecule has 1 aromatic rings. The molecular weight excluding hydrogens is 250 g/mol. The van der Waals surface area contributed by atoms with Crippen LogP contribution in [0.25, 0.3) is 0 Å². The van der Waals surface area contributed by atoms with Gasteiger partial charge in [-0.1, -0.05) is 37.8 Å². The van der Waals surface area contributed by atoms with Gasteiger partial charge in [0.15, 0.2) is 5.82 Å². The van der Waals surface area contributed by atoms with Crippen molar-refractivity contribution in [3.05, 3.63) is 17.0 Å². The number of ether oxygens (including phenoxy) is 1. The molecule has 1 N–H and O–H groups in total. The van der Waals surface area contributed by atoms with Crippen LogP contribution in [0.2, 0.25) is 5.15 Å². The largest absolute Gasteiger partial charge is 0.377 e. The molecule has 1 aromatic heterocycles. The minimum atomic E-state index is 0.374. The van der Waals surface area contributed by atoms with E-state index in [1.54, 1.807) is 13.2 Å². The van der Waals surface area contributed by atoms with Gasteiger partial charge in [0.05, 0.1) is 0 Å². The van der Waals surface area contributed by atoms with Crippen molar-refractivity contribution >= 4 is 17.4 Å². The lowest BCUT2D eigenvalue weighted by atomic mass is 10.1. The first-order chi connectivity index (χ1) is 8.65. The van der Waals surface area contributed by atoms with Crippen LogP contribution in [0, 0.1) is 0 Å². The molecule has 0 bridgehead atoms. The van der Waals surface area contributed by atoms with E-state index in [1.807, 2.05) is 0 Å². The van der Waals surface area contributed by atoms with Crippen molar-refractivity contribution in [3.8, 4) is 0 Å². The minimum absolute atomic E-state index is 0.374. The molecule has 0 fully saturated rings. The van der Waals surface area contributed by atoms with E-state index in [0.717, 1.165) is 12.2 Å². The lowest BCUT2D eigenvalue weighted by Gasteiger charge is -2.14. The highest BCUT2D eigenvalue weighted by molar-refractivity contribution is 6.29. The van der Waals surface area contributed by atoms with Crippen molar-refractivity contribution in [2.45, 2.75) is 52.2 Å². The number of halogens is 1. The van der Waals surface area contributed by atoms with Gasteiger partial charge in [-0.2, -0.15) is 0 Å². The summed E-state index contributed by atoms with van der Waals surface area (Å²) in [4.78, 5) is 8.46. The van der Waals surface area contributed by atoms with Crippen LogP contribution < -0.4 is 5.32 Å². The Hall–Kier alpha value is -0.870. The van der Waals surface area contributed by atoms with Gasteiger partial charge in [0.2, 0.25) is 0 Å². The van der Waals surface area contributed by atoms with Crippen LogP contribution in [0.3, 0.4) is 0 Å². The summed E-state index contributed by atoms with van der Waals surface area (Å²) in [7, 11) is 1.62. The summed E-state index contributed by atoms with van der Waals surface area (Å²) in [5.41, 5.74) is 0. The molecule has 0 saturated carbocycles. The van der Waals surface area contributed by atoms with Crippen molar-refractivity contribution < 1.29 is 4.74 Å². The third kappa shape index (κ3) is 5.65. The summed E-state index contributed by atoms with van der Waals surface area (Å²) in [5, 5.41) is 3.79. The topological polar surface area (TPSA) is 47.0 Å². The number of hydrogen-bond acceptors (Lipinski definition) is 4. The van der Waals surface area contributed by atoms with E-state index in [1.165, 1.54) is 19.3 Å². The number of hydrogen-bond donors (Lipinski definition) is 1. The standard InChI is InChI=1S/C13H22ClN3O/c1-4-5-6-7-10(2)15-12-8-11(14)16-13(17-12)9-18-3/h8,10H,4-7,9H2,1-3H3,(H,15,16,17). The highest BCUT2D eigenvalue weighted by atomic mass is 35.5. The van der Waals surface area contributed by atoms with E-state index in [0.29, 0.717) is 23.6 Å². The number of aromatic nitrogens is 2. The molecule has 1 heterocycles. The van der Waals surface area contributed by atoms with Gasteiger partial charge in [-0.05, 0) is 13.3 Å². The maximum Gasteiger partial charge on any atom is 0.158 e. The second-order valence-electron chi connectivity index (χ2n) is 4.47. The van der Waals surface area contributed by atoms with Crippen LogP contribution >= 0.6 is 11.6 Å². The quantitative estimate of drug-likeness (QED) is 0.579. The van der Waals surface area contributed by atoms with Crippen LogP contribution in [0.1, 0.15) is 45.4 Å². The molecular formula is C13H22ClN3O. The third-order valence-corrected chi connectivity index (χ3v) is 2.84. The fourth-order valence-electron chi connectivity index (χ4n) is 1.76. The van der Waals surface area contributed by atoms with E-state index < -0.39 is 0 Å². The number of unbranched alkanes of at least 4 members (excludes halogenated alkanes) is 2. The molecule has 1 atom stereocenters. The van der Waals surface area contributed by atoms with Gasteiger partial charge < -0.3 is 10.1 Å². The van der Waals surface area contributed by atoms with E-state index in [9.17, 15) is 0 Å².